The SMILES string of the molecule is O=C1/C(=C\c2ccc(COc3ccccc3)o2)NC(=S)N1CC1CCCO1. The zero-order valence-corrected chi connectivity index (χ0v) is 15.5. The highest BCUT2D eigenvalue weighted by Crippen LogP contribution is 2.20. The summed E-state index contributed by atoms with van der Waals surface area (Å²) in [5, 5.41) is 3.37. The van der Waals surface area contributed by atoms with E-state index in [4.69, 9.17) is 26.1 Å². The predicted octanol–water partition coefficient (Wildman–Crippen LogP) is 3.10. The number of carbonyl (C=O) groups excluding carboxylic acids is 1. The second-order valence-corrected chi connectivity index (χ2v) is 6.83. The number of hydrogen-bond acceptors (Lipinski definition) is 5. The van der Waals surface area contributed by atoms with Gasteiger partial charge in [0.25, 0.3) is 5.91 Å². The van der Waals surface area contributed by atoms with Gasteiger partial charge in [-0.2, -0.15) is 0 Å². The van der Waals surface area contributed by atoms with Crippen molar-refractivity contribution in [1.29, 1.82) is 0 Å². The van der Waals surface area contributed by atoms with E-state index in [0.29, 0.717) is 35.5 Å². The van der Waals surface area contributed by atoms with Crippen LogP contribution >= 0.6 is 12.2 Å². The molecule has 2 aliphatic rings. The fourth-order valence-electron chi connectivity index (χ4n) is 3.09. The molecule has 0 radical (unpaired) electrons. The highest BCUT2D eigenvalue weighted by Gasteiger charge is 2.33. The molecule has 1 unspecified atom stereocenters. The summed E-state index contributed by atoms with van der Waals surface area (Å²) in [6, 6.07) is 13.2. The average molecular weight is 384 g/mol. The Labute approximate surface area is 162 Å². The van der Waals surface area contributed by atoms with E-state index in [1.165, 1.54) is 0 Å². The van der Waals surface area contributed by atoms with Gasteiger partial charge in [0.2, 0.25) is 0 Å². The van der Waals surface area contributed by atoms with Gasteiger partial charge in [-0.05, 0) is 49.3 Å². The number of thiocarbonyl (C=S) groups is 1. The van der Waals surface area contributed by atoms with Crippen molar-refractivity contribution < 1.29 is 18.7 Å². The molecule has 1 N–H and O–H groups in total. The van der Waals surface area contributed by atoms with Gasteiger partial charge in [-0.3, -0.25) is 9.69 Å². The molecule has 4 rings (SSSR count). The first kappa shape index (κ1) is 17.8. The monoisotopic (exact) mass is 384 g/mol. The summed E-state index contributed by atoms with van der Waals surface area (Å²) in [4.78, 5) is 14.2. The zero-order chi connectivity index (χ0) is 18.6. The maximum atomic E-state index is 12.6. The Bertz CT molecular complexity index is 856. The van der Waals surface area contributed by atoms with Gasteiger partial charge in [-0.15, -0.1) is 0 Å². The van der Waals surface area contributed by atoms with Gasteiger partial charge in [0.15, 0.2) is 5.11 Å². The molecule has 2 fully saturated rings. The number of furan rings is 1. The first-order valence-electron chi connectivity index (χ1n) is 8.92. The summed E-state index contributed by atoms with van der Waals surface area (Å²) in [5.41, 5.74) is 0.405. The standard InChI is InChI=1S/C20H20N2O4S/c23-19-18(21-20(27)22(19)12-16-7-4-10-24-16)11-15-8-9-17(26-15)13-25-14-5-2-1-3-6-14/h1-3,5-6,8-9,11,16H,4,7,10,12-13H2,(H,21,27)/b18-11+. The molecule has 0 bridgehead atoms. The summed E-state index contributed by atoms with van der Waals surface area (Å²) >= 11 is 5.29. The molecule has 140 valence electrons. The third kappa shape index (κ3) is 4.20. The fraction of sp³-hybridized carbons (Fsp3) is 0.300. The van der Waals surface area contributed by atoms with Crippen LogP contribution in [0.3, 0.4) is 0 Å². The lowest BCUT2D eigenvalue weighted by molar-refractivity contribution is -0.123. The minimum absolute atomic E-state index is 0.0541. The maximum Gasteiger partial charge on any atom is 0.276 e. The number of nitrogens with zero attached hydrogens (tertiary/aromatic N) is 1. The smallest absolute Gasteiger partial charge is 0.276 e. The average Bonchev–Trinajstić information content (AvgIpc) is 3.40. The van der Waals surface area contributed by atoms with E-state index in [0.717, 1.165) is 25.2 Å². The number of ether oxygens (including phenoxy) is 2. The van der Waals surface area contributed by atoms with Crippen LogP contribution < -0.4 is 10.1 Å². The third-order valence-electron chi connectivity index (χ3n) is 4.47. The highest BCUT2D eigenvalue weighted by atomic mass is 32.1. The lowest BCUT2D eigenvalue weighted by atomic mass is 10.2. The lowest BCUT2D eigenvalue weighted by Gasteiger charge is -2.18. The third-order valence-corrected chi connectivity index (χ3v) is 4.79. The number of carbonyl (C=O) groups is 1. The molecule has 2 aliphatic heterocycles. The van der Waals surface area contributed by atoms with Crippen LogP contribution in [0.4, 0.5) is 0 Å². The first-order chi connectivity index (χ1) is 13.2. The van der Waals surface area contributed by atoms with Crippen molar-refractivity contribution >= 4 is 29.3 Å². The van der Waals surface area contributed by atoms with E-state index in [1.807, 2.05) is 36.4 Å². The Morgan fingerprint density at radius 1 is 1.26 bits per heavy atom. The molecule has 1 aromatic heterocycles. The van der Waals surface area contributed by atoms with Crippen LogP contribution in [0.5, 0.6) is 5.75 Å². The quantitative estimate of drug-likeness (QED) is 0.610. The summed E-state index contributed by atoms with van der Waals surface area (Å²) in [7, 11) is 0. The largest absolute Gasteiger partial charge is 0.486 e. The van der Waals surface area contributed by atoms with Gasteiger partial charge in [-0.25, -0.2) is 0 Å². The number of rotatable bonds is 6. The molecule has 6 nitrogen and oxygen atoms in total. The number of para-hydroxylation sites is 1. The van der Waals surface area contributed by atoms with Crippen molar-refractivity contribution in [2.75, 3.05) is 13.2 Å². The molecule has 27 heavy (non-hydrogen) atoms. The van der Waals surface area contributed by atoms with E-state index in [9.17, 15) is 4.79 Å². The van der Waals surface area contributed by atoms with E-state index in [1.54, 1.807) is 17.0 Å². The zero-order valence-electron chi connectivity index (χ0n) is 14.7. The molecular formula is C20H20N2O4S. The van der Waals surface area contributed by atoms with Gasteiger partial charge in [0.05, 0.1) is 12.6 Å². The highest BCUT2D eigenvalue weighted by molar-refractivity contribution is 7.80. The van der Waals surface area contributed by atoms with Gasteiger partial charge >= 0.3 is 0 Å². The lowest BCUT2D eigenvalue weighted by Crippen LogP contribution is -2.37. The van der Waals surface area contributed by atoms with Crippen LogP contribution in [0.1, 0.15) is 24.4 Å². The van der Waals surface area contributed by atoms with E-state index >= 15 is 0 Å². The molecule has 2 saturated heterocycles. The molecule has 0 spiro atoms. The van der Waals surface area contributed by atoms with Crippen LogP contribution in [0, 0.1) is 0 Å². The Morgan fingerprint density at radius 2 is 2.11 bits per heavy atom. The molecule has 2 aromatic rings. The summed E-state index contributed by atoms with van der Waals surface area (Å²) in [6.45, 7) is 1.55. The molecule has 1 aromatic carbocycles. The summed E-state index contributed by atoms with van der Waals surface area (Å²) < 4.78 is 17.0. The summed E-state index contributed by atoms with van der Waals surface area (Å²) in [5.74, 6) is 1.86. The van der Waals surface area contributed by atoms with Crippen molar-refractivity contribution in [1.82, 2.24) is 10.2 Å². The molecule has 0 aliphatic carbocycles. The Kier molecular flexibility index (Phi) is 5.22. The van der Waals surface area contributed by atoms with Gasteiger partial charge < -0.3 is 19.2 Å². The molecule has 1 amide bonds. The second-order valence-electron chi connectivity index (χ2n) is 6.44. The molecule has 7 heteroatoms. The molecule has 3 heterocycles. The van der Waals surface area contributed by atoms with Crippen molar-refractivity contribution in [3.63, 3.8) is 0 Å². The Balaban J connectivity index is 1.39. The molecule has 0 saturated carbocycles. The van der Waals surface area contributed by atoms with E-state index < -0.39 is 0 Å². The topological polar surface area (TPSA) is 63.9 Å². The van der Waals surface area contributed by atoms with Crippen molar-refractivity contribution in [2.24, 2.45) is 0 Å². The van der Waals surface area contributed by atoms with Gasteiger partial charge in [0, 0.05) is 12.7 Å². The summed E-state index contributed by atoms with van der Waals surface area (Å²) in [6.07, 6.45) is 3.69. The van der Waals surface area contributed by atoms with Crippen molar-refractivity contribution in [2.45, 2.75) is 25.6 Å². The number of hydrogen-bond donors (Lipinski definition) is 1. The van der Waals surface area contributed by atoms with Crippen LogP contribution in [-0.2, 0) is 16.1 Å². The number of benzene rings is 1. The first-order valence-corrected chi connectivity index (χ1v) is 9.32. The fourth-order valence-corrected chi connectivity index (χ4v) is 3.36. The van der Waals surface area contributed by atoms with Crippen LogP contribution in [-0.4, -0.2) is 35.2 Å². The van der Waals surface area contributed by atoms with Crippen molar-refractivity contribution in [3.8, 4) is 5.75 Å². The van der Waals surface area contributed by atoms with Gasteiger partial charge in [0.1, 0.15) is 29.6 Å². The number of nitrogens with one attached hydrogen (secondary N) is 1. The molecule has 1 atom stereocenters. The minimum atomic E-state index is -0.158. The normalized spacial score (nSPS) is 21.1. The van der Waals surface area contributed by atoms with Crippen LogP contribution in [0.25, 0.3) is 6.08 Å². The Hall–Kier alpha value is -2.64. The van der Waals surface area contributed by atoms with Crippen LogP contribution in [0.2, 0.25) is 0 Å². The Morgan fingerprint density at radius 3 is 2.89 bits per heavy atom. The van der Waals surface area contributed by atoms with Crippen LogP contribution in [0.15, 0.2) is 52.6 Å². The maximum absolute atomic E-state index is 12.6. The second kappa shape index (κ2) is 7.94. The van der Waals surface area contributed by atoms with Gasteiger partial charge in [-0.1, -0.05) is 18.2 Å². The van der Waals surface area contributed by atoms with Crippen molar-refractivity contribution in [3.05, 3.63) is 59.7 Å². The van der Waals surface area contributed by atoms with E-state index in [2.05, 4.69) is 5.32 Å². The number of amides is 1. The minimum Gasteiger partial charge on any atom is -0.486 e. The molecular weight excluding hydrogens is 364 g/mol. The van der Waals surface area contributed by atoms with E-state index in [-0.39, 0.29) is 12.0 Å². The predicted molar refractivity (Wildman–Crippen MR) is 104 cm³/mol.